The van der Waals surface area contributed by atoms with Crippen molar-refractivity contribution < 1.29 is 28.9 Å². The lowest BCUT2D eigenvalue weighted by Crippen LogP contribution is -2.52. The second-order valence-corrected chi connectivity index (χ2v) is 5.90. The maximum Gasteiger partial charge on any atom is 0.328 e. The highest BCUT2D eigenvalue weighted by Gasteiger charge is 2.33. The van der Waals surface area contributed by atoms with Crippen LogP contribution in [0, 0.1) is 0 Å². The van der Waals surface area contributed by atoms with E-state index < -0.39 is 12.0 Å². The van der Waals surface area contributed by atoms with Crippen LogP contribution in [-0.2, 0) is 14.3 Å². The molecule has 1 aromatic rings. The molecule has 1 N–H and O–H groups in total. The second kappa shape index (κ2) is 7.63. The van der Waals surface area contributed by atoms with E-state index in [1.165, 1.54) is 4.90 Å². The lowest BCUT2D eigenvalue weighted by atomic mass is 10.1. The molecule has 7 nitrogen and oxygen atoms in total. The third kappa shape index (κ3) is 3.85. The Morgan fingerprint density at radius 1 is 1.33 bits per heavy atom. The Morgan fingerprint density at radius 2 is 2.21 bits per heavy atom. The molecule has 2 aliphatic rings. The third-order valence-electron chi connectivity index (χ3n) is 4.22. The number of carboxylic acid groups (broad SMARTS) is 1. The highest BCUT2D eigenvalue weighted by Crippen LogP contribution is 2.19. The van der Waals surface area contributed by atoms with Gasteiger partial charge in [0, 0.05) is 18.7 Å². The van der Waals surface area contributed by atoms with Crippen LogP contribution < -0.4 is 4.74 Å². The average Bonchev–Trinajstić information content (AvgIpc) is 3.13. The van der Waals surface area contributed by atoms with Crippen LogP contribution in [0.15, 0.2) is 24.3 Å². The molecule has 1 aromatic carbocycles. The van der Waals surface area contributed by atoms with E-state index in [0.717, 1.165) is 19.4 Å². The van der Waals surface area contributed by atoms with Crippen molar-refractivity contribution in [1.82, 2.24) is 4.90 Å². The minimum Gasteiger partial charge on any atom is -0.491 e. The van der Waals surface area contributed by atoms with Crippen molar-refractivity contribution in [2.24, 2.45) is 0 Å². The number of hydrogen-bond donors (Lipinski definition) is 1. The predicted molar refractivity (Wildman–Crippen MR) is 84.2 cm³/mol. The van der Waals surface area contributed by atoms with Gasteiger partial charge in [-0.05, 0) is 31.0 Å². The highest BCUT2D eigenvalue weighted by molar-refractivity contribution is 5.97. The number of nitrogens with zero attached hydrogens (tertiary/aromatic N) is 1. The SMILES string of the molecule is O=C(O)[C@H]1COCCN1C(=O)c1cccc(OC[C@H]2CCCO2)c1. The average molecular weight is 335 g/mol. The maximum atomic E-state index is 12.7. The summed E-state index contributed by atoms with van der Waals surface area (Å²) in [6.45, 7) is 1.82. The minimum absolute atomic E-state index is 0.0102. The lowest BCUT2D eigenvalue weighted by Gasteiger charge is -2.32. The number of carboxylic acids is 1. The van der Waals surface area contributed by atoms with Gasteiger partial charge in [0.05, 0.1) is 19.3 Å². The van der Waals surface area contributed by atoms with Gasteiger partial charge in [-0.2, -0.15) is 0 Å². The van der Waals surface area contributed by atoms with Crippen LogP contribution in [0.5, 0.6) is 5.75 Å². The summed E-state index contributed by atoms with van der Waals surface area (Å²) in [6, 6.07) is 5.86. The van der Waals surface area contributed by atoms with Crippen LogP contribution in [0.4, 0.5) is 0 Å². The second-order valence-electron chi connectivity index (χ2n) is 5.90. The van der Waals surface area contributed by atoms with Crippen molar-refractivity contribution in [3.8, 4) is 5.75 Å². The lowest BCUT2D eigenvalue weighted by molar-refractivity contribution is -0.147. The third-order valence-corrected chi connectivity index (χ3v) is 4.22. The van der Waals surface area contributed by atoms with Gasteiger partial charge in [0.25, 0.3) is 5.91 Å². The van der Waals surface area contributed by atoms with Crippen LogP contribution in [-0.4, -0.2) is 67.0 Å². The van der Waals surface area contributed by atoms with E-state index in [4.69, 9.17) is 14.2 Å². The molecule has 2 heterocycles. The zero-order valence-corrected chi connectivity index (χ0v) is 13.3. The molecule has 2 aliphatic heterocycles. The van der Waals surface area contributed by atoms with E-state index >= 15 is 0 Å². The van der Waals surface area contributed by atoms with E-state index in [0.29, 0.717) is 24.5 Å². The van der Waals surface area contributed by atoms with Crippen LogP contribution in [0.1, 0.15) is 23.2 Å². The van der Waals surface area contributed by atoms with Gasteiger partial charge in [0.2, 0.25) is 0 Å². The highest BCUT2D eigenvalue weighted by atomic mass is 16.5. The zero-order valence-electron chi connectivity index (χ0n) is 13.3. The maximum absolute atomic E-state index is 12.7. The number of aliphatic carboxylic acids is 1. The number of amides is 1. The molecule has 2 fully saturated rings. The molecule has 3 rings (SSSR count). The number of hydrogen-bond acceptors (Lipinski definition) is 5. The number of carbonyl (C=O) groups excluding carboxylic acids is 1. The van der Waals surface area contributed by atoms with Gasteiger partial charge in [-0.15, -0.1) is 0 Å². The van der Waals surface area contributed by atoms with Crippen molar-refractivity contribution >= 4 is 11.9 Å². The summed E-state index contributed by atoms with van der Waals surface area (Å²) in [5, 5.41) is 9.25. The topological polar surface area (TPSA) is 85.3 Å². The normalized spacial score (nSPS) is 23.9. The summed E-state index contributed by atoms with van der Waals surface area (Å²) < 4.78 is 16.4. The summed E-state index contributed by atoms with van der Waals surface area (Å²) in [4.78, 5) is 25.3. The van der Waals surface area contributed by atoms with E-state index in [2.05, 4.69) is 0 Å². The van der Waals surface area contributed by atoms with Gasteiger partial charge in [-0.3, -0.25) is 4.79 Å². The Kier molecular flexibility index (Phi) is 5.32. The van der Waals surface area contributed by atoms with E-state index in [-0.39, 0.29) is 25.2 Å². The van der Waals surface area contributed by atoms with Crippen LogP contribution in [0.2, 0.25) is 0 Å². The first-order chi connectivity index (χ1) is 11.6. The van der Waals surface area contributed by atoms with Gasteiger partial charge in [-0.25, -0.2) is 4.79 Å². The molecule has 0 unspecified atom stereocenters. The van der Waals surface area contributed by atoms with Crippen molar-refractivity contribution in [3.63, 3.8) is 0 Å². The first-order valence-corrected chi connectivity index (χ1v) is 8.11. The molecule has 0 aliphatic carbocycles. The van der Waals surface area contributed by atoms with Gasteiger partial charge in [-0.1, -0.05) is 6.07 Å². The molecule has 0 radical (unpaired) electrons. The van der Waals surface area contributed by atoms with E-state index in [1.807, 2.05) is 0 Å². The molecule has 0 aromatic heterocycles. The van der Waals surface area contributed by atoms with Crippen molar-refractivity contribution in [1.29, 1.82) is 0 Å². The summed E-state index contributed by atoms with van der Waals surface area (Å²) in [6.07, 6.45) is 2.12. The van der Waals surface area contributed by atoms with E-state index in [9.17, 15) is 14.7 Å². The largest absolute Gasteiger partial charge is 0.491 e. The Balaban J connectivity index is 1.67. The fraction of sp³-hybridized carbons (Fsp3) is 0.529. The Labute approximate surface area is 140 Å². The molecule has 24 heavy (non-hydrogen) atoms. The van der Waals surface area contributed by atoms with Crippen molar-refractivity contribution in [2.75, 3.05) is 33.0 Å². The number of ether oxygens (including phenoxy) is 3. The molecule has 0 bridgehead atoms. The summed E-state index contributed by atoms with van der Waals surface area (Å²) >= 11 is 0. The molecular formula is C17H21NO6. The molecule has 7 heteroatoms. The van der Waals surface area contributed by atoms with E-state index in [1.54, 1.807) is 24.3 Å². The molecule has 130 valence electrons. The monoisotopic (exact) mass is 335 g/mol. The molecule has 0 saturated carbocycles. The van der Waals surface area contributed by atoms with Gasteiger partial charge >= 0.3 is 5.97 Å². The number of carbonyl (C=O) groups is 2. The number of rotatable bonds is 5. The fourth-order valence-electron chi connectivity index (χ4n) is 2.90. The van der Waals surface area contributed by atoms with Crippen molar-refractivity contribution in [2.45, 2.75) is 25.0 Å². The van der Waals surface area contributed by atoms with Gasteiger partial charge < -0.3 is 24.2 Å². The van der Waals surface area contributed by atoms with Gasteiger partial charge in [0.1, 0.15) is 12.4 Å². The fourth-order valence-corrected chi connectivity index (χ4v) is 2.90. The summed E-state index contributed by atoms with van der Waals surface area (Å²) in [7, 11) is 0. The first-order valence-electron chi connectivity index (χ1n) is 8.11. The molecule has 2 atom stereocenters. The van der Waals surface area contributed by atoms with Crippen LogP contribution in [0.3, 0.4) is 0 Å². The Morgan fingerprint density at radius 3 is 2.96 bits per heavy atom. The van der Waals surface area contributed by atoms with Crippen LogP contribution in [0.25, 0.3) is 0 Å². The zero-order chi connectivity index (χ0) is 16.9. The quantitative estimate of drug-likeness (QED) is 0.869. The predicted octanol–water partition coefficient (Wildman–Crippen LogP) is 1.17. The standard InChI is InChI=1S/C17H21NO6/c19-16(18-6-8-22-11-15(18)17(20)21)12-3-1-4-13(9-12)24-10-14-5-2-7-23-14/h1,3-4,9,14-15H,2,5-8,10-11H2,(H,20,21)/t14-,15-/m1/s1. The molecular weight excluding hydrogens is 314 g/mol. The Hall–Kier alpha value is -2.12. The van der Waals surface area contributed by atoms with Crippen molar-refractivity contribution in [3.05, 3.63) is 29.8 Å². The first kappa shape index (κ1) is 16.7. The number of morpholine rings is 1. The van der Waals surface area contributed by atoms with Crippen LogP contribution >= 0.6 is 0 Å². The summed E-state index contributed by atoms with van der Waals surface area (Å²) in [5.41, 5.74) is 0.410. The number of benzene rings is 1. The van der Waals surface area contributed by atoms with Gasteiger partial charge in [0.15, 0.2) is 6.04 Å². The minimum atomic E-state index is -1.06. The summed E-state index contributed by atoms with van der Waals surface area (Å²) in [5.74, 6) is -0.807. The molecule has 1 amide bonds. The Bertz CT molecular complexity index is 598. The smallest absolute Gasteiger partial charge is 0.328 e. The molecule has 2 saturated heterocycles. The molecule has 0 spiro atoms.